The van der Waals surface area contributed by atoms with Crippen LogP contribution in [0.5, 0.6) is 5.75 Å². The third kappa shape index (κ3) is 3.44. The second-order valence-electron chi connectivity index (χ2n) is 3.58. The zero-order chi connectivity index (χ0) is 12.1. The molecule has 1 aromatic heterocycles. The van der Waals surface area contributed by atoms with Gasteiger partial charge in [-0.15, -0.1) is 11.3 Å². The highest BCUT2D eigenvalue weighted by atomic mass is 32.1. The maximum Gasteiger partial charge on any atom is 0.187 e. The van der Waals surface area contributed by atoms with Gasteiger partial charge >= 0.3 is 0 Å². The van der Waals surface area contributed by atoms with Crippen molar-refractivity contribution >= 4 is 22.2 Å². The van der Waals surface area contributed by atoms with Crippen LogP contribution >= 0.6 is 11.3 Å². The molecule has 0 aliphatic heterocycles. The van der Waals surface area contributed by atoms with Crippen LogP contribution in [0.1, 0.15) is 5.69 Å². The Bertz CT molecular complexity index is 467. The van der Waals surface area contributed by atoms with Gasteiger partial charge in [-0.1, -0.05) is 0 Å². The van der Waals surface area contributed by atoms with Crippen molar-refractivity contribution in [3.8, 4) is 5.75 Å². The lowest BCUT2D eigenvalue weighted by atomic mass is 10.3. The minimum Gasteiger partial charge on any atom is -0.492 e. The van der Waals surface area contributed by atoms with Gasteiger partial charge in [-0.05, 0) is 31.2 Å². The highest BCUT2D eigenvalue weighted by Crippen LogP contribution is 2.22. The Hall–Kier alpha value is -1.59. The van der Waals surface area contributed by atoms with E-state index in [0.717, 1.165) is 22.3 Å². The van der Waals surface area contributed by atoms with Gasteiger partial charge in [0, 0.05) is 17.6 Å². The molecule has 0 saturated heterocycles. The first-order chi connectivity index (χ1) is 8.28. The zero-order valence-corrected chi connectivity index (χ0v) is 10.5. The van der Waals surface area contributed by atoms with E-state index in [0.29, 0.717) is 13.2 Å². The fraction of sp³-hybridized carbons (Fsp3) is 0.250. The van der Waals surface area contributed by atoms with Crippen molar-refractivity contribution in [2.24, 2.45) is 5.73 Å². The number of benzene rings is 1. The van der Waals surface area contributed by atoms with Crippen molar-refractivity contribution in [1.29, 1.82) is 0 Å². The number of aromatic nitrogens is 1. The topological polar surface area (TPSA) is 60.2 Å². The molecule has 4 nitrogen and oxygen atoms in total. The Kier molecular flexibility index (Phi) is 3.95. The number of nitrogens with one attached hydrogen (secondary N) is 1. The first kappa shape index (κ1) is 11.9. The van der Waals surface area contributed by atoms with E-state index in [1.807, 2.05) is 36.6 Å². The number of hydrogen-bond donors (Lipinski definition) is 2. The third-order valence-corrected chi connectivity index (χ3v) is 2.99. The summed E-state index contributed by atoms with van der Waals surface area (Å²) < 4.78 is 5.40. The molecule has 0 fully saturated rings. The summed E-state index contributed by atoms with van der Waals surface area (Å²) in [6, 6.07) is 7.75. The van der Waals surface area contributed by atoms with Gasteiger partial charge in [-0.3, -0.25) is 0 Å². The molecule has 0 aliphatic carbocycles. The second kappa shape index (κ2) is 5.65. The monoisotopic (exact) mass is 249 g/mol. The van der Waals surface area contributed by atoms with Crippen LogP contribution in [-0.4, -0.2) is 18.1 Å². The molecule has 2 aromatic rings. The third-order valence-electron chi connectivity index (χ3n) is 2.11. The molecule has 1 aromatic carbocycles. The summed E-state index contributed by atoms with van der Waals surface area (Å²) in [5, 5.41) is 6.15. The fourth-order valence-corrected chi connectivity index (χ4v) is 2.05. The number of nitrogens with two attached hydrogens (primary N) is 1. The minimum atomic E-state index is 0.526. The molecule has 0 saturated carbocycles. The lowest BCUT2D eigenvalue weighted by Gasteiger charge is -2.06. The van der Waals surface area contributed by atoms with Gasteiger partial charge in [0.25, 0.3) is 0 Å². The number of thiazole rings is 1. The van der Waals surface area contributed by atoms with E-state index in [2.05, 4.69) is 10.3 Å². The Morgan fingerprint density at radius 1 is 1.35 bits per heavy atom. The number of rotatable bonds is 5. The van der Waals surface area contributed by atoms with Crippen LogP contribution in [-0.2, 0) is 0 Å². The molecular weight excluding hydrogens is 234 g/mol. The molecule has 5 heteroatoms. The molecular formula is C12H15N3OS. The van der Waals surface area contributed by atoms with Crippen LogP contribution < -0.4 is 15.8 Å². The quantitative estimate of drug-likeness (QED) is 0.855. The van der Waals surface area contributed by atoms with Crippen LogP contribution in [0.25, 0.3) is 0 Å². The summed E-state index contributed by atoms with van der Waals surface area (Å²) in [6.45, 7) is 3.04. The van der Waals surface area contributed by atoms with Crippen LogP contribution in [0.4, 0.5) is 10.8 Å². The normalized spacial score (nSPS) is 10.2. The predicted molar refractivity (Wildman–Crippen MR) is 71.1 cm³/mol. The summed E-state index contributed by atoms with van der Waals surface area (Å²) in [5.74, 6) is 0.830. The van der Waals surface area contributed by atoms with Gasteiger partial charge in [-0.25, -0.2) is 4.98 Å². The van der Waals surface area contributed by atoms with Crippen LogP contribution in [0.3, 0.4) is 0 Å². The van der Waals surface area contributed by atoms with E-state index in [4.69, 9.17) is 10.5 Å². The first-order valence-electron chi connectivity index (χ1n) is 5.40. The molecule has 0 aliphatic rings. The van der Waals surface area contributed by atoms with Gasteiger partial charge in [0.05, 0.1) is 5.69 Å². The lowest BCUT2D eigenvalue weighted by molar-refractivity contribution is 0.328. The van der Waals surface area contributed by atoms with Crippen LogP contribution in [0.2, 0.25) is 0 Å². The van der Waals surface area contributed by atoms with Crippen molar-refractivity contribution in [3.63, 3.8) is 0 Å². The van der Waals surface area contributed by atoms with Gasteiger partial charge in [0.2, 0.25) is 0 Å². The van der Waals surface area contributed by atoms with Crippen molar-refractivity contribution in [1.82, 2.24) is 4.98 Å². The number of ether oxygens (including phenoxy) is 1. The van der Waals surface area contributed by atoms with Crippen molar-refractivity contribution in [2.75, 3.05) is 18.5 Å². The number of nitrogens with zero attached hydrogens (tertiary/aromatic N) is 1. The smallest absolute Gasteiger partial charge is 0.187 e. The Balaban J connectivity index is 1.98. The van der Waals surface area contributed by atoms with Crippen LogP contribution in [0, 0.1) is 6.92 Å². The summed E-state index contributed by atoms with van der Waals surface area (Å²) in [5.41, 5.74) is 7.39. The van der Waals surface area contributed by atoms with E-state index >= 15 is 0 Å². The summed E-state index contributed by atoms with van der Waals surface area (Å²) in [6.07, 6.45) is 0. The largest absolute Gasteiger partial charge is 0.492 e. The number of aryl methyl sites for hydroxylation is 1. The van der Waals surface area contributed by atoms with E-state index in [9.17, 15) is 0 Å². The second-order valence-corrected chi connectivity index (χ2v) is 4.44. The zero-order valence-electron chi connectivity index (χ0n) is 9.64. The highest BCUT2D eigenvalue weighted by Gasteiger charge is 1.99. The standard InChI is InChI=1S/C12H15N3OS/c1-9-8-17-12(14-9)15-10-2-4-11(5-3-10)16-7-6-13/h2-5,8H,6-7,13H2,1H3,(H,14,15). The minimum absolute atomic E-state index is 0.526. The summed E-state index contributed by atoms with van der Waals surface area (Å²) >= 11 is 1.59. The maximum atomic E-state index is 5.40. The van der Waals surface area contributed by atoms with Crippen molar-refractivity contribution in [2.45, 2.75) is 6.92 Å². The van der Waals surface area contributed by atoms with E-state index in [-0.39, 0.29) is 0 Å². The van der Waals surface area contributed by atoms with Crippen molar-refractivity contribution in [3.05, 3.63) is 35.3 Å². The summed E-state index contributed by atoms with van der Waals surface area (Å²) in [4.78, 5) is 4.34. The Labute approximate surface area is 104 Å². The van der Waals surface area contributed by atoms with E-state index in [1.54, 1.807) is 11.3 Å². The average molecular weight is 249 g/mol. The van der Waals surface area contributed by atoms with Gasteiger partial charge < -0.3 is 15.8 Å². The number of hydrogen-bond acceptors (Lipinski definition) is 5. The molecule has 0 unspecified atom stereocenters. The Morgan fingerprint density at radius 2 is 2.12 bits per heavy atom. The SMILES string of the molecule is Cc1csc(Nc2ccc(OCCN)cc2)n1. The van der Waals surface area contributed by atoms with Gasteiger partial charge in [-0.2, -0.15) is 0 Å². The van der Waals surface area contributed by atoms with Gasteiger partial charge in [0.15, 0.2) is 5.13 Å². The van der Waals surface area contributed by atoms with Gasteiger partial charge in [0.1, 0.15) is 12.4 Å². The number of anilines is 2. The molecule has 17 heavy (non-hydrogen) atoms. The Morgan fingerprint density at radius 3 is 2.71 bits per heavy atom. The lowest BCUT2D eigenvalue weighted by Crippen LogP contribution is -2.10. The maximum absolute atomic E-state index is 5.40. The molecule has 0 spiro atoms. The van der Waals surface area contributed by atoms with Crippen molar-refractivity contribution < 1.29 is 4.74 Å². The fourth-order valence-electron chi connectivity index (χ4n) is 1.35. The summed E-state index contributed by atoms with van der Waals surface area (Å²) in [7, 11) is 0. The van der Waals surface area contributed by atoms with E-state index < -0.39 is 0 Å². The molecule has 90 valence electrons. The molecule has 0 amide bonds. The molecule has 1 heterocycles. The van der Waals surface area contributed by atoms with E-state index in [1.165, 1.54) is 0 Å². The predicted octanol–water partition coefficient (Wildman–Crippen LogP) is 2.53. The average Bonchev–Trinajstić information content (AvgIpc) is 2.74. The molecule has 0 bridgehead atoms. The molecule has 3 N–H and O–H groups in total. The van der Waals surface area contributed by atoms with Crippen LogP contribution in [0.15, 0.2) is 29.6 Å². The first-order valence-corrected chi connectivity index (χ1v) is 6.28. The molecule has 2 rings (SSSR count). The highest BCUT2D eigenvalue weighted by molar-refractivity contribution is 7.13. The molecule has 0 radical (unpaired) electrons. The molecule has 0 atom stereocenters.